The smallest absolute Gasteiger partial charge is 0.179 e. The van der Waals surface area contributed by atoms with Crippen LogP contribution in [0, 0.1) is 5.92 Å². The van der Waals surface area contributed by atoms with Gasteiger partial charge in [0.25, 0.3) is 0 Å². The number of anilines is 1. The summed E-state index contributed by atoms with van der Waals surface area (Å²) >= 11 is 5.95. The van der Waals surface area contributed by atoms with Crippen molar-refractivity contribution in [2.75, 3.05) is 24.7 Å². The molecule has 1 aromatic heterocycles. The maximum atomic E-state index is 11.7. The summed E-state index contributed by atoms with van der Waals surface area (Å²) < 4.78 is 23.4. The van der Waals surface area contributed by atoms with Crippen LogP contribution < -0.4 is 4.90 Å². The molecule has 0 atom stereocenters. The van der Waals surface area contributed by atoms with Crippen LogP contribution in [0.3, 0.4) is 0 Å². The van der Waals surface area contributed by atoms with E-state index in [0.717, 1.165) is 19.4 Å². The van der Waals surface area contributed by atoms with Crippen molar-refractivity contribution in [1.82, 2.24) is 4.98 Å². The molecule has 4 nitrogen and oxygen atoms in total. The van der Waals surface area contributed by atoms with Crippen LogP contribution in [0.2, 0.25) is 0 Å². The number of halogens is 1. The first kappa shape index (κ1) is 13.6. The van der Waals surface area contributed by atoms with E-state index in [1.807, 2.05) is 11.9 Å². The van der Waals surface area contributed by atoms with E-state index >= 15 is 0 Å². The number of rotatable bonds is 4. The summed E-state index contributed by atoms with van der Waals surface area (Å²) in [4.78, 5) is 6.38. The third kappa shape index (κ3) is 2.95. The lowest BCUT2D eigenvalue weighted by Gasteiger charge is -2.34. The molecule has 18 heavy (non-hydrogen) atoms. The number of hydrogen-bond donors (Lipinski definition) is 0. The molecule has 1 fully saturated rings. The van der Waals surface area contributed by atoms with Gasteiger partial charge >= 0.3 is 0 Å². The SMILES string of the molecule is CN(CC1CC(Cl)C1)c1ncccc1S(C)(=O)=O. The summed E-state index contributed by atoms with van der Waals surface area (Å²) in [6, 6.07) is 3.24. The number of sulfone groups is 1. The van der Waals surface area contributed by atoms with E-state index in [4.69, 9.17) is 11.6 Å². The molecule has 0 N–H and O–H groups in total. The van der Waals surface area contributed by atoms with Crippen molar-refractivity contribution in [2.24, 2.45) is 5.92 Å². The molecule has 0 aliphatic heterocycles. The van der Waals surface area contributed by atoms with Crippen LogP contribution in [0.5, 0.6) is 0 Å². The lowest BCUT2D eigenvalue weighted by molar-refractivity contribution is 0.328. The molecule has 1 heterocycles. The Labute approximate surface area is 113 Å². The Morgan fingerprint density at radius 3 is 2.72 bits per heavy atom. The summed E-state index contributed by atoms with van der Waals surface area (Å²) in [5, 5.41) is 0.279. The maximum Gasteiger partial charge on any atom is 0.179 e. The van der Waals surface area contributed by atoms with E-state index in [9.17, 15) is 8.42 Å². The maximum absolute atomic E-state index is 11.7. The molecule has 0 bridgehead atoms. The third-order valence-corrected chi connectivity index (χ3v) is 4.70. The fourth-order valence-electron chi connectivity index (χ4n) is 2.24. The summed E-state index contributed by atoms with van der Waals surface area (Å²) in [6.07, 6.45) is 4.81. The van der Waals surface area contributed by atoms with Gasteiger partial charge in [0.15, 0.2) is 9.84 Å². The summed E-state index contributed by atoms with van der Waals surface area (Å²) in [7, 11) is -1.37. The Balaban J connectivity index is 2.17. The van der Waals surface area contributed by atoms with Gasteiger partial charge in [-0.1, -0.05) is 0 Å². The van der Waals surface area contributed by atoms with Crippen LogP contribution >= 0.6 is 11.6 Å². The van der Waals surface area contributed by atoms with Gasteiger partial charge in [0.2, 0.25) is 0 Å². The first-order chi connectivity index (χ1) is 8.38. The average Bonchev–Trinajstić information content (AvgIpc) is 2.26. The zero-order valence-electron chi connectivity index (χ0n) is 10.5. The van der Waals surface area contributed by atoms with Gasteiger partial charge in [-0.05, 0) is 30.9 Å². The van der Waals surface area contributed by atoms with E-state index in [1.165, 1.54) is 6.26 Å². The predicted octanol–water partition coefficient (Wildman–Crippen LogP) is 1.94. The third-order valence-electron chi connectivity index (χ3n) is 3.22. The molecule has 1 aliphatic rings. The fourth-order valence-corrected chi connectivity index (χ4v) is 3.61. The van der Waals surface area contributed by atoms with E-state index in [2.05, 4.69) is 4.98 Å². The molecule has 0 saturated heterocycles. The number of nitrogens with zero attached hydrogens (tertiary/aromatic N) is 2. The van der Waals surface area contributed by atoms with Crippen LogP contribution in [0.25, 0.3) is 0 Å². The zero-order chi connectivity index (χ0) is 13.3. The first-order valence-corrected chi connectivity index (χ1v) is 8.21. The number of hydrogen-bond acceptors (Lipinski definition) is 4. The molecule has 1 aliphatic carbocycles. The van der Waals surface area contributed by atoms with Crippen molar-refractivity contribution in [3.63, 3.8) is 0 Å². The largest absolute Gasteiger partial charge is 0.358 e. The van der Waals surface area contributed by atoms with Crippen molar-refractivity contribution in [3.8, 4) is 0 Å². The lowest BCUT2D eigenvalue weighted by atomic mass is 9.84. The van der Waals surface area contributed by atoms with Gasteiger partial charge in [0.05, 0.1) is 0 Å². The van der Waals surface area contributed by atoms with Gasteiger partial charge < -0.3 is 4.90 Å². The molecule has 1 aromatic rings. The minimum atomic E-state index is -3.24. The van der Waals surface area contributed by atoms with Crippen molar-refractivity contribution in [3.05, 3.63) is 18.3 Å². The van der Waals surface area contributed by atoms with Gasteiger partial charge in [-0.25, -0.2) is 13.4 Å². The number of alkyl halides is 1. The summed E-state index contributed by atoms with van der Waals surface area (Å²) in [5.41, 5.74) is 0. The molecule has 0 radical (unpaired) electrons. The molecule has 1 saturated carbocycles. The highest BCUT2D eigenvalue weighted by Crippen LogP contribution is 2.33. The van der Waals surface area contributed by atoms with Gasteiger partial charge in [0, 0.05) is 31.4 Å². The van der Waals surface area contributed by atoms with Gasteiger partial charge in [-0.3, -0.25) is 0 Å². The van der Waals surface area contributed by atoms with Crippen molar-refractivity contribution in [2.45, 2.75) is 23.1 Å². The quantitative estimate of drug-likeness (QED) is 0.795. The topological polar surface area (TPSA) is 50.3 Å². The van der Waals surface area contributed by atoms with Crippen LogP contribution in [0.1, 0.15) is 12.8 Å². The Morgan fingerprint density at radius 1 is 1.50 bits per heavy atom. The normalized spacial score (nSPS) is 23.5. The number of pyridine rings is 1. The van der Waals surface area contributed by atoms with Crippen molar-refractivity contribution in [1.29, 1.82) is 0 Å². The molecule has 0 spiro atoms. The van der Waals surface area contributed by atoms with Crippen LogP contribution in [0.15, 0.2) is 23.2 Å². The zero-order valence-corrected chi connectivity index (χ0v) is 12.1. The average molecular weight is 289 g/mol. The van der Waals surface area contributed by atoms with E-state index in [-0.39, 0.29) is 10.3 Å². The molecular weight excluding hydrogens is 272 g/mol. The van der Waals surface area contributed by atoms with Crippen molar-refractivity contribution >= 4 is 27.3 Å². The summed E-state index contributed by atoms with van der Waals surface area (Å²) in [6.45, 7) is 0.794. The summed E-state index contributed by atoms with van der Waals surface area (Å²) in [5.74, 6) is 1.06. The second-order valence-electron chi connectivity index (χ2n) is 4.91. The first-order valence-electron chi connectivity index (χ1n) is 5.88. The molecule has 0 amide bonds. The second kappa shape index (κ2) is 5.05. The molecule has 2 rings (SSSR count). The van der Waals surface area contributed by atoms with Crippen LogP contribution in [-0.2, 0) is 9.84 Å². The van der Waals surface area contributed by atoms with Gasteiger partial charge in [-0.15, -0.1) is 11.6 Å². The Bertz CT molecular complexity index is 527. The van der Waals surface area contributed by atoms with Gasteiger partial charge in [-0.2, -0.15) is 0 Å². The Morgan fingerprint density at radius 2 is 2.17 bits per heavy atom. The molecular formula is C12H17ClN2O2S. The monoisotopic (exact) mass is 288 g/mol. The minimum absolute atomic E-state index is 0.279. The molecule has 6 heteroatoms. The van der Waals surface area contributed by atoms with E-state index in [0.29, 0.717) is 11.7 Å². The Hall–Kier alpha value is -0.810. The highest BCUT2D eigenvalue weighted by Gasteiger charge is 2.29. The van der Waals surface area contributed by atoms with E-state index in [1.54, 1.807) is 18.3 Å². The molecule has 0 unspecified atom stereocenters. The van der Waals surface area contributed by atoms with Crippen LogP contribution in [0.4, 0.5) is 5.82 Å². The minimum Gasteiger partial charge on any atom is -0.358 e. The molecule has 0 aromatic carbocycles. The molecule has 100 valence electrons. The number of aromatic nitrogens is 1. The van der Waals surface area contributed by atoms with Crippen LogP contribution in [-0.4, -0.2) is 38.6 Å². The standard InChI is InChI=1S/C12H17ClN2O2S/c1-15(8-9-6-10(13)7-9)12-11(18(2,16)17)4-3-5-14-12/h3-5,9-10H,6-8H2,1-2H3. The van der Waals surface area contributed by atoms with E-state index < -0.39 is 9.84 Å². The van der Waals surface area contributed by atoms with Crippen molar-refractivity contribution < 1.29 is 8.42 Å². The van der Waals surface area contributed by atoms with Gasteiger partial charge in [0.1, 0.15) is 10.7 Å². The Kier molecular flexibility index (Phi) is 3.82. The highest BCUT2D eigenvalue weighted by atomic mass is 35.5. The lowest BCUT2D eigenvalue weighted by Crippen LogP contribution is -2.35. The second-order valence-corrected chi connectivity index (χ2v) is 7.51. The predicted molar refractivity (Wildman–Crippen MR) is 73.0 cm³/mol. The fraction of sp³-hybridized carbons (Fsp3) is 0.583. The highest BCUT2D eigenvalue weighted by molar-refractivity contribution is 7.90.